The largest absolute Gasteiger partial charge is 0.497 e. The molecule has 0 spiro atoms. The van der Waals surface area contributed by atoms with Gasteiger partial charge < -0.3 is 19.0 Å². The van der Waals surface area contributed by atoms with Crippen LogP contribution in [-0.4, -0.2) is 32.6 Å². The van der Waals surface area contributed by atoms with E-state index in [9.17, 15) is 9.59 Å². The summed E-state index contributed by atoms with van der Waals surface area (Å²) in [5.41, 5.74) is 0.758. The fourth-order valence-electron chi connectivity index (χ4n) is 1.76. The lowest BCUT2D eigenvalue weighted by Gasteiger charge is -2.12. The number of carbonyl (C=O) groups excluding carboxylic acids is 2. The van der Waals surface area contributed by atoms with E-state index in [0.717, 1.165) is 11.8 Å². The Hall–Kier alpha value is -2.04. The number of carbonyl (C=O) groups is 2. The number of rotatable bonds is 8. The van der Waals surface area contributed by atoms with Crippen molar-refractivity contribution in [2.45, 2.75) is 32.3 Å². The zero-order valence-electron chi connectivity index (χ0n) is 12.0. The smallest absolute Gasteiger partial charge is 0.310 e. The van der Waals surface area contributed by atoms with Crippen LogP contribution in [0.2, 0.25) is 0 Å². The fraction of sp³-hybridized carbons (Fsp3) is 0.467. The normalized spacial score (nSPS) is 11.6. The molecule has 0 unspecified atom stereocenters. The molecule has 110 valence electrons. The van der Waals surface area contributed by atoms with Crippen molar-refractivity contribution in [2.75, 3.05) is 14.2 Å². The Morgan fingerprint density at radius 2 is 1.80 bits per heavy atom. The fourth-order valence-corrected chi connectivity index (χ4v) is 1.76. The molecule has 1 atom stereocenters. The number of methoxy groups -OCH3 is 2. The predicted octanol–water partition coefficient (Wildman–Crippen LogP) is 2.16. The second kappa shape index (κ2) is 8.19. The molecule has 5 heteroatoms. The first-order valence-electron chi connectivity index (χ1n) is 6.44. The Balaban J connectivity index is 2.63. The lowest BCUT2D eigenvalue weighted by atomic mass is 10.1. The zero-order valence-corrected chi connectivity index (χ0v) is 12.0. The van der Waals surface area contributed by atoms with E-state index in [1.807, 2.05) is 0 Å². The third-order valence-electron chi connectivity index (χ3n) is 2.78. The summed E-state index contributed by atoms with van der Waals surface area (Å²) >= 11 is 0. The van der Waals surface area contributed by atoms with E-state index < -0.39 is 0 Å². The zero-order chi connectivity index (χ0) is 15.0. The number of aldehydes is 1. The van der Waals surface area contributed by atoms with Gasteiger partial charge in [0.15, 0.2) is 0 Å². The molecule has 1 aromatic rings. The van der Waals surface area contributed by atoms with Crippen LogP contribution in [-0.2, 0) is 20.7 Å². The van der Waals surface area contributed by atoms with E-state index in [1.54, 1.807) is 39.3 Å². The molecule has 0 aliphatic heterocycles. The van der Waals surface area contributed by atoms with Gasteiger partial charge in [-0.05, 0) is 31.0 Å². The van der Waals surface area contributed by atoms with Gasteiger partial charge in [-0.2, -0.15) is 0 Å². The van der Waals surface area contributed by atoms with Crippen molar-refractivity contribution in [3.63, 3.8) is 0 Å². The summed E-state index contributed by atoms with van der Waals surface area (Å²) in [6, 6.07) is 5.27. The van der Waals surface area contributed by atoms with Crippen molar-refractivity contribution < 1.29 is 23.8 Å². The van der Waals surface area contributed by atoms with Crippen molar-refractivity contribution in [3.8, 4) is 11.5 Å². The summed E-state index contributed by atoms with van der Waals surface area (Å²) in [4.78, 5) is 22.1. The van der Waals surface area contributed by atoms with Gasteiger partial charge in [0, 0.05) is 12.5 Å². The molecule has 0 aromatic heterocycles. The van der Waals surface area contributed by atoms with E-state index in [2.05, 4.69) is 0 Å². The highest BCUT2D eigenvalue weighted by atomic mass is 16.5. The molecule has 1 aromatic carbocycles. The minimum Gasteiger partial charge on any atom is -0.497 e. The molecule has 0 fully saturated rings. The van der Waals surface area contributed by atoms with Crippen LogP contribution in [0.4, 0.5) is 0 Å². The molecule has 0 aliphatic rings. The SMILES string of the molecule is COc1cc(CC(=O)O[C@H](C)CCC=O)cc(OC)c1. The molecule has 0 bridgehead atoms. The van der Waals surface area contributed by atoms with E-state index in [0.29, 0.717) is 24.3 Å². The lowest BCUT2D eigenvalue weighted by molar-refractivity contribution is -0.147. The van der Waals surface area contributed by atoms with Gasteiger partial charge in [-0.15, -0.1) is 0 Å². The lowest BCUT2D eigenvalue weighted by Crippen LogP contribution is -2.16. The maximum absolute atomic E-state index is 11.8. The van der Waals surface area contributed by atoms with Gasteiger partial charge in [-0.3, -0.25) is 4.79 Å². The standard InChI is InChI=1S/C15H20O5/c1-11(5-4-6-16)20-15(17)9-12-7-13(18-2)10-14(8-12)19-3/h6-8,10-11H,4-5,9H2,1-3H3/t11-/m1/s1. The average Bonchev–Trinajstić information content (AvgIpc) is 2.44. The van der Waals surface area contributed by atoms with Gasteiger partial charge in [0.25, 0.3) is 0 Å². The van der Waals surface area contributed by atoms with Crippen LogP contribution in [0, 0.1) is 0 Å². The number of ether oxygens (including phenoxy) is 3. The summed E-state index contributed by atoms with van der Waals surface area (Å²) in [7, 11) is 3.11. The number of hydrogen-bond acceptors (Lipinski definition) is 5. The maximum atomic E-state index is 11.8. The Morgan fingerprint density at radius 3 is 2.30 bits per heavy atom. The van der Waals surface area contributed by atoms with E-state index in [1.165, 1.54) is 0 Å². The van der Waals surface area contributed by atoms with Gasteiger partial charge in [0.1, 0.15) is 17.8 Å². The third-order valence-corrected chi connectivity index (χ3v) is 2.78. The van der Waals surface area contributed by atoms with E-state index in [-0.39, 0.29) is 18.5 Å². The first kappa shape index (κ1) is 16.0. The van der Waals surface area contributed by atoms with Crippen molar-refractivity contribution in [1.29, 1.82) is 0 Å². The molecule has 0 saturated carbocycles. The Bertz CT molecular complexity index is 433. The van der Waals surface area contributed by atoms with Crippen LogP contribution in [0.15, 0.2) is 18.2 Å². The van der Waals surface area contributed by atoms with Crippen molar-refractivity contribution in [3.05, 3.63) is 23.8 Å². The van der Waals surface area contributed by atoms with E-state index >= 15 is 0 Å². The van der Waals surface area contributed by atoms with Crippen molar-refractivity contribution >= 4 is 12.3 Å². The summed E-state index contributed by atoms with van der Waals surface area (Å²) in [5, 5.41) is 0. The first-order chi connectivity index (χ1) is 9.58. The molecule has 0 heterocycles. The summed E-state index contributed by atoms with van der Waals surface area (Å²) in [5.74, 6) is 0.918. The minimum absolute atomic E-state index is 0.138. The molecule has 0 aliphatic carbocycles. The van der Waals surface area contributed by atoms with Crippen molar-refractivity contribution in [1.82, 2.24) is 0 Å². The molecular formula is C15H20O5. The van der Waals surface area contributed by atoms with Crippen LogP contribution < -0.4 is 9.47 Å². The van der Waals surface area contributed by atoms with E-state index in [4.69, 9.17) is 14.2 Å². The number of hydrogen-bond donors (Lipinski definition) is 0. The topological polar surface area (TPSA) is 61.8 Å². The minimum atomic E-state index is -0.335. The van der Waals surface area contributed by atoms with Gasteiger partial charge in [-0.1, -0.05) is 0 Å². The Kier molecular flexibility index (Phi) is 6.56. The molecule has 5 nitrogen and oxygen atoms in total. The van der Waals surface area contributed by atoms with Gasteiger partial charge in [0.2, 0.25) is 0 Å². The number of esters is 1. The van der Waals surface area contributed by atoms with Gasteiger partial charge >= 0.3 is 5.97 Å². The van der Waals surface area contributed by atoms with Crippen LogP contribution in [0.5, 0.6) is 11.5 Å². The van der Waals surface area contributed by atoms with Gasteiger partial charge in [-0.25, -0.2) is 0 Å². The summed E-state index contributed by atoms with van der Waals surface area (Å²) in [6.45, 7) is 1.77. The van der Waals surface area contributed by atoms with Crippen LogP contribution in [0.1, 0.15) is 25.3 Å². The average molecular weight is 280 g/mol. The van der Waals surface area contributed by atoms with Crippen LogP contribution >= 0.6 is 0 Å². The Morgan fingerprint density at radius 1 is 1.20 bits per heavy atom. The first-order valence-corrected chi connectivity index (χ1v) is 6.44. The third kappa shape index (κ3) is 5.30. The molecule has 0 saturated heterocycles. The summed E-state index contributed by atoms with van der Waals surface area (Å²) in [6.07, 6.45) is 1.62. The highest BCUT2D eigenvalue weighted by Gasteiger charge is 2.12. The molecule has 0 amide bonds. The molecule has 1 rings (SSSR count). The number of benzene rings is 1. The predicted molar refractivity (Wildman–Crippen MR) is 74.1 cm³/mol. The van der Waals surface area contributed by atoms with Gasteiger partial charge in [0.05, 0.1) is 26.7 Å². The molecular weight excluding hydrogens is 260 g/mol. The Labute approximate surface area is 118 Å². The molecule has 0 radical (unpaired) electrons. The second-order valence-electron chi connectivity index (χ2n) is 4.44. The molecule has 0 N–H and O–H groups in total. The maximum Gasteiger partial charge on any atom is 0.310 e. The van der Waals surface area contributed by atoms with Crippen molar-refractivity contribution in [2.24, 2.45) is 0 Å². The molecule has 20 heavy (non-hydrogen) atoms. The van der Waals surface area contributed by atoms with Crippen LogP contribution in [0.3, 0.4) is 0 Å². The second-order valence-corrected chi connectivity index (χ2v) is 4.44. The van der Waals surface area contributed by atoms with Crippen LogP contribution in [0.25, 0.3) is 0 Å². The quantitative estimate of drug-likeness (QED) is 0.539. The monoisotopic (exact) mass is 280 g/mol. The summed E-state index contributed by atoms with van der Waals surface area (Å²) < 4.78 is 15.5. The highest BCUT2D eigenvalue weighted by Crippen LogP contribution is 2.23. The highest BCUT2D eigenvalue weighted by molar-refractivity contribution is 5.73.